The second kappa shape index (κ2) is 7.50. The molecule has 0 saturated carbocycles. The topological polar surface area (TPSA) is 72.1 Å². The Labute approximate surface area is 119 Å². The van der Waals surface area contributed by atoms with E-state index in [1.165, 1.54) is 0 Å². The van der Waals surface area contributed by atoms with E-state index in [1.807, 2.05) is 36.4 Å². The molecule has 0 unspecified atom stereocenters. The maximum atomic E-state index is 8.89. The van der Waals surface area contributed by atoms with Crippen LogP contribution in [0.15, 0.2) is 47.8 Å². The SMILES string of the molecule is COc1ccc(NC=CC(=C(C#N)C#N)N(C)C)cc1. The smallest absolute Gasteiger partial charge is 0.152 e. The maximum Gasteiger partial charge on any atom is 0.152 e. The number of ether oxygens (including phenoxy) is 1. The van der Waals surface area contributed by atoms with E-state index >= 15 is 0 Å². The molecule has 0 saturated heterocycles. The molecule has 1 aromatic rings. The Morgan fingerprint density at radius 1 is 1.20 bits per heavy atom. The van der Waals surface area contributed by atoms with Crippen LogP contribution in [0.3, 0.4) is 0 Å². The third-order valence-electron chi connectivity index (χ3n) is 2.54. The molecule has 0 aliphatic carbocycles. The van der Waals surface area contributed by atoms with Crippen molar-refractivity contribution >= 4 is 5.69 Å². The van der Waals surface area contributed by atoms with Crippen LogP contribution in [0, 0.1) is 22.7 Å². The lowest BCUT2D eigenvalue weighted by Gasteiger charge is -2.13. The zero-order valence-electron chi connectivity index (χ0n) is 11.7. The molecule has 1 N–H and O–H groups in total. The van der Waals surface area contributed by atoms with Crippen molar-refractivity contribution in [1.29, 1.82) is 10.5 Å². The third kappa shape index (κ3) is 4.08. The Morgan fingerprint density at radius 3 is 2.25 bits per heavy atom. The van der Waals surface area contributed by atoms with Gasteiger partial charge in [-0.2, -0.15) is 10.5 Å². The summed E-state index contributed by atoms with van der Waals surface area (Å²) >= 11 is 0. The first kappa shape index (κ1) is 15.1. The first-order valence-electron chi connectivity index (χ1n) is 5.91. The molecule has 5 heteroatoms. The lowest BCUT2D eigenvalue weighted by molar-refractivity contribution is 0.415. The zero-order valence-corrected chi connectivity index (χ0v) is 11.7. The van der Waals surface area contributed by atoms with E-state index in [0.717, 1.165) is 11.4 Å². The van der Waals surface area contributed by atoms with E-state index in [-0.39, 0.29) is 5.57 Å². The molecule has 0 fully saturated rings. The van der Waals surface area contributed by atoms with Crippen molar-refractivity contribution in [1.82, 2.24) is 4.90 Å². The molecule has 0 aliphatic rings. The van der Waals surface area contributed by atoms with Crippen LogP contribution in [0.4, 0.5) is 5.69 Å². The van der Waals surface area contributed by atoms with Crippen LogP contribution < -0.4 is 10.1 Å². The van der Waals surface area contributed by atoms with Crippen LogP contribution in [-0.2, 0) is 0 Å². The van der Waals surface area contributed by atoms with Crippen molar-refractivity contribution in [3.05, 3.63) is 47.8 Å². The van der Waals surface area contributed by atoms with Crippen molar-refractivity contribution in [3.8, 4) is 17.9 Å². The van der Waals surface area contributed by atoms with Crippen LogP contribution in [-0.4, -0.2) is 26.1 Å². The second-order valence-corrected chi connectivity index (χ2v) is 4.08. The fraction of sp³-hybridized carbons (Fsp3) is 0.200. The Bertz CT molecular complexity index is 570. The van der Waals surface area contributed by atoms with E-state index in [0.29, 0.717) is 5.70 Å². The van der Waals surface area contributed by atoms with Gasteiger partial charge < -0.3 is 15.0 Å². The molecule has 0 spiro atoms. The normalized spacial score (nSPS) is 9.45. The molecule has 1 rings (SSSR count). The Kier molecular flexibility index (Phi) is 5.68. The largest absolute Gasteiger partial charge is 0.497 e. The van der Waals surface area contributed by atoms with E-state index < -0.39 is 0 Å². The first-order valence-corrected chi connectivity index (χ1v) is 5.91. The van der Waals surface area contributed by atoms with Gasteiger partial charge in [-0.3, -0.25) is 0 Å². The monoisotopic (exact) mass is 268 g/mol. The highest BCUT2D eigenvalue weighted by Crippen LogP contribution is 2.15. The summed E-state index contributed by atoms with van der Waals surface area (Å²) in [5, 5.41) is 20.9. The second-order valence-electron chi connectivity index (χ2n) is 4.08. The van der Waals surface area contributed by atoms with Gasteiger partial charge >= 0.3 is 0 Å². The summed E-state index contributed by atoms with van der Waals surface area (Å²) in [5.41, 5.74) is 1.51. The number of anilines is 1. The maximum absolute atomic E-state index is 8.89. The van der Waals surface area contributed by atoms with Crippen LogP contribution in [0.25, 0.3) is 0 Å². The molecule has 5 nitrogen and oxygen atoms in total. The summed E-state index contributed by atoms with van der Waals surface area (Å²) in [6.07, 6.45) is 3.37. The van der Waals surface area contributed by atoms with Crippen LogP contribution in [0.2, 0.25) is 0 Å². The Morgan fingerprint density at radius 2 is 1.80 bits per heavy atom. The van der Waals surface area contributed by atoms with E-state index in [2.05, 4.69) is 5.32 Å². The minimum absolute atomic E-state index is 0.0720. The van der Waals surface area contributed by atoms with Crippen molar-refractivity contribution < 1.29 is 4.74 Å². The number of hydrogen-bond acceptors (Lipinski definition) is 5. The number of methoxy groups -OCH3 is 1. The van der Waals surface area contributed by atoms with Gasteiger partial charge in [-0.25, -0.2) is 0 Å². The van der Waals surface area contributed by atoms with Gasteiger partial charge in [0.15, 0.2) is 5.57 Å². The first-order chi connectivity index (χ1) is 9.62. The molecule has 1 aromatic carbocycles. The average molecular weight is 268 g/mol. The summed E-state index contributed by atoms with van der Waals surface area (Å²) in [7, 11) is 5.17. The summed E-state index contributed by atoms with van der Waals surface area (Å²) in [4.78, 5) is 1.72. The van der Waals surface area contributed by atoms with Crippen molar-refractivity contribution in [3.63, 3.8) is 0 Å². The number of rotatable bonds is 5. The summed E-state index contributed by atoms with van der Waals surface area (Å²) < 4.78 is 5.07. The highest BCUT2D eigenvalue weighted by Gasteiger charge is 2.04. The Hall–Kier alpha value is -2.92. The van der Waals surface area contributed by atoms with Gasteiger partial charge in [-0.15, -0.1) is 0 Å². The zero-order chi connectivity index (χ0) is 15.0. The molecule has 0 heterocycles. The van der Waals surface area contributed by atoms with Gasteiger partial charge in [0.05, 0.1) is 12.8 Å². The van der Waals surface area contributed by atoms with Gasteiger partial charge in [0.2, 0.25) is 0 Å². The van der Waals surface area contributed by atoms with Gasteiger partial charge in [0, 0.05) is 26.0 Å². The number of benzene rings is 1. The minimum Gasteiger partial charge on any atom is -0.497 e. The fourth-order valence-corrected chi connectivity index (χ4v) is 1.50. The van der Waals surface area contributed by atoms with Crippen LogP contribution in [0.5, 0.6) is 5.75 Å². The lowest BCUT2D eigenvalue weighted by Crippen LogP contribution is -2.11. The molecule has 0 radical (unpaired) electrons. The van der Waals surface area contributed by atoms with Crippen LogP contribution >= 0.6 is 0 Å². The number of nitrogens with zero attached hydrogens (tertiary/aromatic N) is 3. The number of allylic oxidation sites excluding steroid dienone is 2. The van der Waals surface area contributed by atoms with Gasteiger partial charge in [-0.1, -0.05) is 0 Å². The number of hydrogen-bond donors (Lipinski definition) is 1. The Balaban J connectivity index is 2.83. The molecular formula is C15H16N4O. The van der Waals surface area contributed by atoms with E-state index in [9.17, 15) is 0 Å². The molecular weight excluding hydrogens is 252 g/mol. The van der Waals surface area contributed by atoms with E-state index in [1.54, 1.807) is 38.4 Å². The van der Waals surface area contributed by atoms with Gasteiger partial charge in [0.25, 0.3) is 0 Å². The van der Waals surface area contributed by atoms with Gasteiger partial charge in [-0.05, 0) is 30.3 Å². The number of nitriles is 2. The van der Waals surface area contributed by atoms with Crippen molar-refractivity contribution in [2.45, 2.75) is 0 Å². The molecule has 0 aliphatic heterocycles. The standard InChI is InChI=1S/C15H16N4O/c1-19(2)15(12(10-16)11-17)8-9-18-13-4-6-14(20-3)7-5-13/h4-9,18H,1-3H3. The molecule has 0 atom stereocenters. The predicted octanol–water partition coefficient (Wildman–Crippen LogP) is 2.48. The summed E-state index contributed by atoms with van der Waals surface area (Å²) in [6.45, 7) is 0. The minimum atomic E-state index is 0.0720. The number of nitrogens with one attached hydrogen (secondary N) is 1. The molecule has 102 valence electrons. The molecule has 20 heavy (non-hydrogen) atoms. The highest BCUT2D eigenvalue weighted by molar-refractivity contribution is 5.50. The third-order valence-corrected chi connectivity index (χ3v) is 2.54. The summed E-state index contributed by atoms with van der Waals surface area (Å²) in [6, 6.07) is 11.2. The summed E-state index contributed by atoms with van der Waals surface area (Å²) in [5.74, 6) is 0.782. The van der Waals surface area contributed by atoms with Crippen LogP contribution in [0.1, 0.15) is 0 Å². The molecule has 0 bridgehead atoms. The quantitative estimate of drug-likeness (QED) is 0.656. The van der Waals surface area contributed by atoms with E-state index in [4.69, 9.17) is 15.3 Å². The van der Waals surface area contributed by atoms with Gasteiger partial charge in [0.1, 0.15) is 17.9 Å². The van der Waals surface area contributed by atoms with Crippen molar-refractivity contribution in [2.24, 2.45) is 0 Å². The van der Waals surface area contributed by atoms with Crippen molar-refractivity contribution in [2.75, 3.05) is 26.5 Å². The predicted molar refractivity (Wildman–Crippen MR) is 77.7 cm³/mol. The average Bonchev–Trinajstić information content (AvgIpc) is 2.47. The highest BCUT2D eigenvalue weighted by atomic mass is 16.5. The molecule has 0 aromatic heterocycles. The fourth-order valence-electron chi connectivity index (χ4n) is 1.50. The lowest BCUT2D eigenvalue weighted by atomic mass is 10.2. The molecule has 0 amide bonds. The number of likely N-dealkylation sites (N-methyl/N-ethyl adjacent to an activating group) is 1.